The van der Waals surface area contributed by atoms with Gasteiger partial charge in [-0.3, -0.25) is 0 Å². The minimum atomic E-state index is -0.680. The van der Waals surface area contributed by atoms with Gasteiger partial charge in [-0.2, -0.15) is 0 Å². The summed E-state index contributed by atoms with van der Waals surface area (Å²) in [5.74, 6) is 0.809. The van der Waals surface area contributed by atoms with Crippen molar-refractivity contribution in [2.24, 2.45) is 7.05 Å². The molecule has 0 saturated carbocycles. The molecule has 0 aliphatic heterocycles. The molecule has 5 heteroatoms. The van der Waals surface area contributed by atoms with Crippen molar-refractivity contribution < 1.29 is 5.11 Å². The van der Waals surface area contributed by atoms with E-state index < -0.39 is 6.10 Å². The molecule has 1 heterocycles. The Balaban J connectivity index is 2.20. The fraction of sp³-hybridized carbons (Fsp3) is 0.250. The first kappa shape index (κ1) is 12.4. The van der Waals surface area contributed by atoms with Crippen molar-refractivity contribution in [2.75, 3.05) is 0 Å². The van der Waals surface area contributed by atoms with Crippen LogP contribution in [0.25, 0.3) is 0 Å². The van der Waals surface area contributed by atoms with Crippen LogP contribution in [0.15, 0.2) is 30.6 Å². The minimum Gasteiger partial charge on any atom is -0.388 e. The van der Waals surface area contributed by atoms with Gasteiger partial charge in [0.1, 0.15) is 5.82 Å². The molecule has 0 saturated heterocycles. The number of rotatable bonds is 3. The van der Waals surface area contributed by atoms with Crippen LogP contribution < -0.4 is 0 Å². The van der Waals surface area contributed by atoms with Crippen molar-refractivity contribution in [1.82, 2.24) is 9.55 Å². The van der Waals surface area contributed by atoms with Gasteiger partial charge in [-0.1, -0.05) is 29.3 Å². The highest BCUT2D eigenvalue weighted by molar-refractivity contribution is 6.35. The molecule has 1 aromatic heterocycles. The zero-order valence-electron chi connectivity index (χ0n) is 9.27. The second-order valence-electron chi connectivity index (χ2n) is 3.84. The third-order valence-electron chi connectivity index (χ3n) is 2.62. The van der Waals surface area contributed by atoms with Crippen molar-refractivity contribution in [2.45, 2.75) is 12.5 Å². The summed E-state index contributed by atoms with van der Waals surface area (Å²) in [6, 6.07) is 5.07. The molecule has 17 heavy (non-hydrogen) atoms. The average Bonchev–Trinajstić information content (AvgIpc) is 2.64. The zero-order chi connectivity index (χ0) is 12.4. The van der Waals surface area contributed by atoms with Gasteiger partial charge < -0.3 is 9.67 Å². The number of aromatic nitrogens is 2. The number of aliphatic hydroxyl groups excluding tert-OH is 1. The van der Waals surface area contributed by atoms with E-state index in [0.717, 1.165) is 5.82 Å². The summed E-state index contributed by atoms with van der Waals surface area (Å²) in [5, 5.41) is 11.1. The van der Waals surface area contributed by atoms with E-state index in [0.29, 0.717) is 22.0 Å². The highest BCUT2D eigenvalue weighted by Crippen LogP contribution is 2.27. The molecule has 2 rings (SSSR count). The van der Waals surface area contributed by atoms with Crippen LogP contribution in [-0.4, -0.2) is 14.7 Å². The van der Waals surface area contributed by atoms with E-state index >= 15 is 0 Å². The van der Waals surface area contributed by atoms with Crippen LogP contribution in [0.1, 0.15) is 17.5 Å². The molecule has 0 aliphatic carbocycles. The maximum Gasteiger partial charge on any atom is 0.111 e. The molecule has 2 aromatic rings. The van der Waals surface area contributed by atoms with Crippen molar-refractivity contribution >= 4 is 23.2 Å². The van der Waals surface area contributed by atoms with Crippen molar-refractivity contribution in [3.63, 3.8) is 0 Å². The van der Waals surface area contributed by atoms with Gasteiger partial charge in [0.25, 0.3) is 0 Å². The lowest BCUT2D eigenvalue weighted by molar-refractivity contribution is 0.175. The van der Waals surface area contributed by atoms with E-state index in [1.807, 2.05) is 17.8 Å². The zero-order valence-corrected chi connectivity index (χ0v) is 10.8. The van der Waals surface area contributed by atoms with E-state index in [9.17, 15) is 5.11 Å². The Morgan fingerprint density at radius 2 is 2.18 bits per heavy atom. The normalized spacial score (nSPS) is 12.7. The quantitative estimate of drug-likeness (QED) is 0.931. The largest absolute Gasteiger partial charge is 0.388 e. The molecule has 0 fully saturated rings. The van der Waals surface area contributed by atoms with Crippen LogP contribution in [-0.2, 0) is 13.5 Å². The lowest BCUT2D eigenvalue weighted by Crippen LogP contribution is -2.07. The molecule has 0 unspecified atom stereocenters. The molecule has 0 aliphatic rings. The summed E-state index contributed by atoms with van der Waals surface area (Å²) in [6.45, 7) is 0. The fourth-order valence-electron chi connectivity index (χ4n) is 1.65. The number of aryl methyl sites for hydroxylation is 1. The van der Waals surface area contributed by atoms with Crippen LogP contribution in [0.2, 0.25) is 10.0 Å². The van der Waals surface area contributed by atoms with E-state index in [1.54, 1.807) is 24.4 Å². The number of hydrogen-bond acceptors (Lipinski definition) is 2. The summed E-state index contributed by atoms with van der Waals surface area (Å²) in [5.41, 5.74) is 0.666. The first-order chi connectivity index (χ1) is 8.08. The Bertz CT molecular complexity index is 525. The van der Waals surface area contributed by atoms with Gasteiger partial charge in [-0.15, -0.1) is 0 Å². The third-order valence-corrected chi connectivity index (χ3v) is 3.18. The van der Waals surface area contributed by atoms with Gasteiger partial charge in [0.2, 0.25) is 0 Å². The molecular weight excluding hydrogens is 259 g/mol. The first-order valence-electron chi connectivity index (χ1n) is 5.17. The molecule has 3 nitrogen and oxygen atoms in total. The number of imidazole rings is 1. The van der Waals surface area contributed by atoms with Crippen molar-refractivity contribution in [3.8, 4) is 0 Å². The number of benzene rings is 1. The average molecular weight is 271 g/mol. The van der Waals surface area contributed by atoms with Crippen LogP contribution in [0.4, 0.5) is 0 Å². The lowest BCUT2D eigenvalue weighted by atomic mass is 10.1. The Labute approximate surface area is 110 Å². The van der Waals surface area contributed by atoms with Gasteiger partial charge in [0.05, 0.1) is 6.10 Å². The van der Waals surface area contributed by atoms with E-state index in [4.69, 9.17) is 23.2 Å². The fourth-order valence-corrected chi connectivity index (χ4v) is 2.18. The predicted molar refractivity (Wildman–Crippen MR) is 68.3 cm³/mol. The van der Waals surface area contributed by atoms with Gasteiger partial charge in [-0.25, -0.2) is 4.98 Å². The van der Waals surface area contributed by atoms with Gasteiger partial charge >= 0.3 is 0 Å². The Kier molecular flexibility index (Phi) is 3.72. The number of nitrogens with zero attached hydrogens (tertiary/aromatic N) is 2. The standard InChI is InChI=1S/C12H12Cl2N2O/c1-16-5-4-15-12(16)7-11(17)9-3-2-8(13)6-10(9)14/h2-6,11,17H,7H2,1H3/t11-/m0/s1. The molecule has 1 N–H and O–H groups in total. The molecule has 0 radical (unpaired) electrons. The minimum absolute atomic E-state index is 0.421. The van der Waals surface area contributed by atoms with Crippen LogP contribution in [0.3, 0.4) is 0 Å². The summed E-state index contributed by atoms with van der Waals surface area (Å²) < 4.78 is 1.87. The third kappa shape index (κ3) is 2.80. The van der Waals surface area contributed by atoms with E-state index in [1.165, 1.54) is 0 Å². The lowest BCUT2D eigenvalue weighted by Gasteiger charge is -2.12. The summed E-state index contributed by atoms with van der Waals surface area (Å²) in [4.78, 5) is 4.16. The molecule has 1 aromatic carbocycles. The molecule has 0 amide bonds. The summed E-state index contributed by atoms with van der Waals surface area (Å²) in [6.07, 6.45) is 3.28. The Morgan fingerprint density at radius 3 is 2.76 bits per heavy atom. The van der Waals surface area contributed by atoms with E-state index in [-0.39, 0.29) is 0 Å². The molecule has 0 bridgehead atoms. The second-order valence-corrected chi connectivity index (χ2v) is 4.68. The van der Waals surface area contributed by atoms with Gasteiger partial charge in [-0.05, 0) is 17.7 Å². The molecule has 90 valence electrons. The monoisotopic (exact) mass is 270 g/mol. The Hall–Kier alpha value is -1.03. The summed E-state index contributed by atoms with van der Waals surface area (Å²) >= 11 is 11.8. The number of halogens is 2. The van der Waals surface area contributed by atoms with Gasteiger partial charge in [0, 0.05) is 35.9 Å². The maximum atomic E-state index is 10.1. The van der Waals surface area contributed by atoms with Crippen LogP contribution in [0.5, 0.6) is 0 Å². The topological polar surface area (TPSA) is 38.0 Å². The van der Waals surface area contributed by atoms with Crippen LogP contribution in [0, 0.1) is 0 Å². The highest BCUT2D eigenvalue weighted by atomic mass is 35.5. The molecular formula is C12H12Cl2N2O. The number of aliphatic hydroxyl groups is 1. The highest BCUT2D eigenvalue weighted by Gasteiger charge is 2.14. The smallest absolute Gasteiger partial charge is 0.111 e. The SMILES string of the molecule is Cn1ccnc1C[C@H](O)c1ccc(Cl)cc1Cl. The maximum absolute atomic E-state index is 10.1. The second kappa shape index (κ2) is 5.08. The van der Waals surface area contributed by atoms with Crippen LogP contribution >= 0.6 is 23.2 Å². The summed E-state index contributed by atoms with van der Waals surface area (Å²) in [7, 11) is 1.89. The first-order valence-corrected chi connectivity index (χ1v) is 5.92. The van der Waals surface area contributed by atoms with Gasteiger partial charge in [0.15, 0.2) is 0 Å². The Morgan fingerprint density at radius 1 is 1.41 bits per heavy atom. The number of hydrogen-bond donors (Lipinski definition) is 1. The molecule has 1 atom stereocenters. The van der Waals surface area contributed by atoms with E-state index in [2.05, 4.69) is 4.98 Å². The van der Waals surface area contributed by atoms with Crippen molar-refractivity contribution in [1.29, 1.82) is 0 Å². The van der Waals surface area contributed by atoms with Crippen molar-refractivity contribution in [3.05, 3.63) is 52.0 Å². The molecule has 0 spiro atoms. The predicted octanol–water partition coefficient (Wildman–Crippen LogP) is 3.00.